The molecule has 0 unspecified atom stereocenters. The lowest BCUT2D eigenvalue weighted by Crippen LogP contribution is -2.38. The summed E-state index contributed by atoms with van der Waals surface area (Å²) in [5.41, 5.74) is 1.35. The third-order valence-corrected chi connectivity index (χ3v) is 4.19. The standard InChI is InChI=1S/C16H21N5O2S/c22-16(13-1-3-15(24)4-2-13)17-11-14-12-21(19-18-14)6-5-20-7-9-23-10-8-20/h1-4,12,24H,5-11H2,(H,17,22). The van der Waals surface area contributed by atoms with Gasteiger partial charge in [-0.1, -0.05) is 5.21 Å². The molecule has 0 spiro atoms. The SMILES string of the molecule is O=C(NCc1cn(CCN2CCOCC2)nn1)c1ccc(S)cc1. The Kier molecular flexibility index (Phi) is 5.84. The van der Waals surface area contributed by atoms with E-state index in [1.54, 1.807) is 24.3 Å². The Morgan fingerprint density at radius 1 is 1.21 bits per heavy atom. The van der Waals surface area contributed by atoms with Gasteiger partial charge in [0, 0.05) is 30.1 Å². The molecule has 1 aliphatic rings. The first-order valence-electron chi connectivity index (χ1n) is 7.97. The van der Waals surface area contributed by atoms with E-state index >= 15 is 0 Å². The minimum Gasteiger partial charge on any atom is -0.379 e. The average Bonchev–Trinajstić information content (AvgIpc) is 3.07. The second-order valence-corrected chi connectivity index (χ2v) is 6.17. The van der Waals surface area contributed by atoms with Crippen LogP contribution >= 0.6 is 12.6 Å². The average molecular weight is 347 g/mol. The molecule has 2 aromatic rings. The predicted octanol–water partition coefficient (Wildman–Crippen LogP) is 0.829. The molecule has 1 saturated heterocycles. The van der Waals surface area contributed by atoms with E-state index in [-0.39, 0.29) is 5.91 Å². The van der Waals surface area contributed by atoms with E-state index < -0.39 is 0 Å². The molecule has 2 heterocycles. The highest BCUT2D eigenvalue weighted by atomic mass is 32.1. The van der Waals surface area contributed by atoms with E-state index in [1.807, 2.05) is 10.9 Å². The summed E-state index contributed by atoms with van der Waals surface area (Å²) in [4.78, 5) is 15.2. The van der Waals surface area contributed by atoms with E-state index in [0.717, 1.165) is 50.0 Å². The molecular weight excluding hydrogens is 326 g/mol. The number of rotatable bonds is 6. The molecule has 8 heteroatoms. The van der Waals surface area contributed by atoms with Gasteiger partial charge in [0.2, 0.25) is 0 Å². The summed E-state index contributed by atoms with van der Waals surface area (Å²) in [7, 11) is 0. The van der Waals surface area contributed by atoms with Gasteiger partial charge >= 0.3 is 0 Å². The van der Waals surface area contributed by atoms with Crippen molar-refractivity contribution in [1.29, 1.82) is 0 Å². The van der Waals surface area contributed by atoms with E-state index in [2.05, 4.69) is 33.2 Å². The van der Waals surface area contributed by atoms with Crippen molar-refractivity contribution in [2.45, 2.75) is 18.0 Å². The maximum atomic E-state index is 12.1. The fourth-order valence-electron chi connectivity index (χ4n) is 2.48. The number of hydrogen-bond donors (Lipinski definition) is 2. The van der Waals surface area contributed by atoms with Crippen molar-refractivity contribution in [1.82, 2.24) is 25.2 Å². The molecule has 1 fully saturated rings. The van der Waals surface area contributed by atoms with Gasteiger partial charge in [-0.2, -0.15) is 0 Å². The zero-order chi connectivity index (χ0) is 16.8. The largest absolute Gasteiger partial charge is 0.379 e. The Bertz CT molecular complexity index is 667. The van der Waals surface area contributed by atoms with Gasteiger partial charge in [0.25, 0.3) is 5.91 Å². The van der Waals surface area contributed by atoms with Crippen LogP contribution in [0.5, 0.6) is 0 Å². The third-order valence-electron chi connectivity index (χ3n) is 3.89. The van der Waals surface area contributed by atoms with Crippen molar-refractivity contribution in [3.8, 4) is 0 Å². The number of thiol groups is 1. The fraction of sp³-hybridized carbons (Fsp3) is 0.438. The number of aromatic nitrogens is 3. The number of hydrogen-bond acceptors (Lipinski definition) is 6. The molecule has 128 valence electrons. The molecule has 1 amide bonds. The smallest absolute Gasteiger partial charge is 0.251 e. The van der Waals surface area contributed by atoms with Crippen molar-refractivity contribution in [3.05, 3.63) is 41.7 Å². The highest BCUT2D eigenvalue weighted by Gasteiger charge is 2.11. The maximum absolute atomic E-state index is 12.1. The second-order valence-electron chi connectivity index (χ2n) is 5.66. The highest BCUT2D eigenvalue weighted by Crippen LogP contribution is 2.07. The van der Waals surface area contributed by atoms with Gasteiger partial charge in [0.1, 0.15) is 5.69 Å². The third kappa shape index (κ3) is 4.80. The summed E-state index contributed by atoms with van der Waals surface area (Å²) < 4.78 is 7.14. The lowest BCUT2D eigenvalue weighted by molar-refractivity contribution is 0.0359. The van der Waals surface area contributed by atoms with E-state index in [0.29, 0.717) is 12.1 Å². The lowest BCUT2D eigenvalue weighted by Gasteiger charge is -2.26. The number of carbonyl (C=O) groups excluding carboxylic acids is 1. The summed E-state index contributed by atoms with van der Waals surface area (Å²) in [5.74, 6) is -0.133. The monoisotopic (exact) mass is 347 g/mol. The normalized spacial score (nSPS) is 15.4. The van der Waals surface area contributed by atoms with E-state index in [4.69, 9.17) is 4.74 Å². The molecule has 3 rings (SSSR count). The van der Waals surface area contributed by atoms with Crippen LogP contribution in [0.15, 0.2) is 35.4 Å². The number of nitrogens with zero attached hydrogens (tertiary/aromatic N) is 4. The van der Waals surface area contributed by atoms with Crippen LogP contribution in [0.25, 0.3) is 0 Å². The predicted molar refractivity (Wildman–Crippen MR) is 92.1 cm³/mol. The Morgan fingerprint density at radius 3 is 2.71 bits per heavy atom. The number of benzene rings is 1. The van der Waals surface area contributed by atoms with E-state index in [1.165, 1.54) is 0 Å². The summed E-state index contributed by atoms with van der Waals surface area (Å²) in [6.45, 7) is 5.58. The summed E-state index contributed by atoms with van der Waals surface area (Å²) in [6, 6.07) is 7.08. The highest BCUT2D eigenvalue weighted by molar-refractivity contribution is 7.80. The van der Waals surface area contributed by atoms with Crippen molar-refractivity contribution >= 4 is 18.5 Å². The molecule has 0 atom stereocenters. The minimum atomic E-state index is -0.133. The van der Waals surface area contributed by atoms with Crippen LogP contribution in [0, 0.1) is 0 Å². The summed E-state index contributed by atoms with van der Waals surface area (Å²) in [6.07, 6.45) is 1.87. The van der Waals surface area contributed by atoms with Crippen molar-refractivity contribution in [2.75, 3.05) is 32.8 Å². The molecule has 7 nitrogen and oxygen atoms in total. The van der Waals surface area contributed by atoms with Crippen molar-refractivity contribution in [2.24, 2.45) is 0 Å². The fourth-order valence-corrected chi connectivity index (χ4v) is 2.63. The Hall–Kier alpha value is -1.90. The minimum absolute atomic E-state index is 0.133. The van der Waals surface area contributed by atoms with Crippen molar-refractivity contribution in [3.63, 3.8) is 0 Å². The van der Waals surface area contributed by atoms with Crippen LogP contribution in [-0.4, -0.2) is 58.6 Å². The molecule has 1 aromatic heterocycles. The number of amides is 1. The van der Waals surface area contributed by atoms with Gasteiger partial charge in [-0.15, -0.1) is 17.7 Å². The number of morpholine rings is 1. The van der Waals surface area contributed by atoms with E-state index in [9.17, 15) is 4.79 Å². The van der Waals surface area contributed by atoms with Crippen molar-refractivity contribution < 1.29 is 9.53 Å². The molecule has 0 bridgehead atoms. The van der Waals surface area contributed by atoms with Gasteiger partial charge < -0.3 is 10.1 Å². The Morgan fingerprint density at radius 2 is 1.96 bits per heavy atom. The number of carbonyl (C=O) groups is 1. The van der Waals surface area contributed by atoms with Crippen LogP contribution in [0.3, 0.4) is 0 Å². The molecule has 1 aromatic carbocycles. The second kappa shape index (κ2) is 8.27. The molecule has 1 aliphatic heterocycles. The molecular formula is C16H21N5O2S. The molecule has 1 N–H and O–H groups in total. The Balaban J connectivity index is 1.45. The maximum Gasteiger partial charge on any atom is 0.251 e. The molecule has 0 saturated carbocycles. The quantitative estimate of drug-likeness (QED) is 0.758. The van der Waals surface area contributed by atoms with Crippen LogP contribution in [0.2, 0.25) is 0 Å². The Labute approximate surface area is 146 Å². The molecule has 0 radical (unpaired) electrons. The molecule has 0 aliphatic carbocycles. The molecule has 24 heavy (non-hydrogen) atoms. The van der Waals surface area contributed by atoms with Gasteiger partial charge in [0.05, 0.1) is 32.5 Å². The zero-order valence-corrected chi connectivity index (χ0v) is 14.3. The van der Waals surface area contributed by atoms with Crippen LogP contribution in [-0.2, 0) is 17.8 Å². The lowest BCUT2D eigenvalue weighted by atomic mass is 10.2. The number of nitrogens with one attached hydrogen (secondary N) is 1. The number of ether oxygens (including phenoxy) is 1. The van der Waals surface area contributed by atoms with Gasteiger partial charge in [-0.3, -0.25) is 14.4 Å². The van der Waals surface area contributed by atoms with Crippen LogP contribution in [0.1, 0.15) is 16.1 Å². The topological polar surface area (TPSA) is 72.3 Å². The summed E-state index contributed by atoms with van der Waals surface area (Å²) >= 11 is 4.21. The first kappa shape index (κ1) is 16.9. The zero-order valence-electron chi connectivity index (χ0n) is 13.4. The first-order valence-corrected chi connectivity index (χ1v) is 8.42. The van der Waals surface area contributed by atoms with Gasteiger partial charge in [-0.05, 0) is 24.3 Å². The van der Waals surface area contributed by atoms with Gasteiger partial charge in [0.15, 0.2) is 0 Å². The first-order chi connectivity index (χ1) is 11.7. The van der Waals surface area contributed by atoms with Crippen LogP contribution in [0.4, 0.5) is 0 Å². The summed E-state index contributed by atoms with van der Waals surface area (Å²) in [5, 5.41) is 11.1. The van der Waals surface area contributed by atoms with Gasteiger partial charge in [-0.25, -0.2) is 0 Å². The van der Waals surface area contributed by atoms with Crippen LogP contribution < -0.4 is 5.32 Å².